The van der Waals surface area contributed by atoms with E-state index in [1.165, 1.54) is 18.5 Å². The lowest BCUT2D eigenvalue weighted by atomic mass is 10.1. The number of hydrogen-bond donors (Lipinski definition) is 2. The first-order chi connectivity index (χ1) is 9.58. The summed E-state index contributed by atoms with van der Waals surface area (Å²) in [6.45, 7) is 0.208. The zero-order chi connectivity index (χ0) is 14.5. The van der Waals surface area contributed by atoms with Crippen LogP contribution in [0.3, 0.4) is 0 Å². The third-order valence-electron chi connectivity index (χ3n) is 2.56. The molecule has 0 spiro atoms. The number of nitro benzene ring substituents is 1. The fourth-order valence-corrected chi connectivity index (χ4v) is 1.54. The van der Waals surface area contributed by atoms with Crippen LogP contribution in [0.1, 0.15) is 16.1 Å². The molecule has 8 nitrogen and oxygen atoms in total. The van der Waals surface area contributed by atoms with Gasteiger partial charge >= 0.3 is 0 Å². The Kier molecular flexibility index (Phi) is 3.85. The van der Waals surface area contributed by atoms with E-state index in [9.17, 15) is 14.9 Å². The van der Waals surface area contributed by atoms with Crippen molar-refractivity contribution < 1.29 is 9.72 Å². The van der Waals surface area contributed by atoms with Crippen molar-refractivity contribution in [2.24, 2.45) is 0 Å². The molecule has 0 aliphatic rings. The standard InChI is InChI=1S/C12H11N5O3/c13-10-2-1-8(5-11(10)17(19)20)12(18)15-6-9-3-4-14-7-16-9/h1-5,7H,6,13H2,(H,15,18). The van der Waals surface area contributed by atoms with Crippen LogP contribution in [0.15, 0.2) is 36.8 Å². The summed E-state index contributed by atoms with van der Waals surface area (Å²) in [6.07, 6.45) is 2.93. The number of nitrogens with zero attached hydrogens (tertiary/aromatic N) is 3. The van der Waals surface area contributed by atoms with Crippen LogP contribution < -0.4 is 11.1 Å². The summed E-state index contributed by atoms with van der Waals surface area (Å²) < 4.78 is 0. The van der Waals surface area contributed by atoms with Crippen LogP contribution in [-0.4, -0.2) is 20.8 Å². The first kappa shape index (κ1) is 13.4. The fraction of sp³-hybridized carbons (Fsp3) is 0.0833. The molecule has 1 aromatic heterocycles. The summed E-state index contributed by atoms with van der Waals surface area (Å²) in [6, 6.07) is 5.56. The van der Waals surface area contributed by atoms with Gasteiger partial charge < -0.3 is 11.1 Å². The number of nitro groups is 1. The zero-order valence-electron chi connectivity index (χ0n) is 10.3. The van der Waals surface area contributed by atoms with Crippen molar-refractivity contribution in [3.05, 3.63) is 58.2 Å². The highest BCUT2D eigenvalue weighted by Crippen LogP contribution is 2.22. The number of benzene rings is 1. The topological polar surface area (TPSA) is 124 Å². The van der Waals surface area contributed by atoms with Crippen molar-refractivity contribution in [1.29, 1.82) is 0 Å². The highest BCUT2D eigenvalue weighted by atomic mass is 16.6. The van der Waals surface area contributed by atoms with E-state index in [0.29, 0.717) is 5.69 Å². The summed E-state index contributed by atoms with van der Waals surface area (Å²) in [5.74, 6) is -0.438. The Bertz CT molecular complexity index is 645. The smallest absolute Gasteiger partial charge is 0.292 e. The van der Waals surface area contributed by atoms with Crippen molar-refractivity contribution in [2.45, 2.75) is 6.54 Å². The number of carbonyl (C=O) groups excluding carboxylic acids is 1. The molecule has 0 atom stereocenters. The third-order valence-corrected chi connectivity index (χ3v) is 2.56. The van der Waals surface area contributed by atoms with E-state index in [1.54, 1.807) is 12.3 Å². The number of carbonyl (C=O) groups is 1. The number of amides is 1. The molecule has 0 saturated heterocycles. The molecule has 2 aromatic rings. The Morgan fingerprint density at radius 1 is 1.40 bits per heavy atom. The van der Waals surface area contributed by atoms with Gasteiger partial charge in [-0.05, 0) is 18.2 Å². The van der Waals surface area contributed by atoms with Crippen molar-refractivity contribution in [3.8, 4) is 0 Å². The molecule has 0 radical (unpaired) electrons. The van der Waals surface area contributed by atoms with Gasteiger partial charge in [0.25, 0.3) is 11.6 Å². The van der Waals surface area contributed by atoms with E-state index >= 15 is 0 Å². The Morgan fingerprint density at radius 2 is 2.20 bits per heavy atom. The summed E-state index contributed by atoms with van der Waals surface area (Å²) in [5, 5.41) is 13.4. The van der Waals surface area contributed by atoms with Gasteiger partial charge in [-0.3, -0.25) is 14.9 Å². The van der Waals surface area contributed by atoms with Gasteiger partial charge in [0.15, 0.2) is 0 Å². The number of nitrogen functional groups attached to an aromatic ring is 1. The first-order valence-corrected chi connectivity index (χ1v) is 5.65. The predicted molar refractivity (Wildman–Crippen MR) is 70.7 cm³/mol. The van der Waals surface area contributed by atoms with Crippen LogP contribution >= 0.6 is 0 Å². The zero-order valence-corrected chi connectivity index (χ0v) is 10.3. The van der Waals surface area contributed by atoms with Gasteiger partial charge in [0.05, 0.1) is 17.2 Å². The second-order valence-electron chi connectivity index (χ2n) is 3.91. The van der Waals surface area contributed by atoms with E-state index in [1.807, 2.05) is 0 Å². The van der Waals surface area contributed by atoms with Gasteiger partial charge in [0.1, 0.15) is 12.0 Å². The number of aromatic nitrogens is 2. The molecule has 0 unspecified atom stereocenters. The maximum atomic E-state index is 11.9. The second-order valence-corrected chi connectivity index (χ2v) is 3.91. The van der Waals surface area contributed by atoms with Gasteiger partial charge in [-0.15, -0.1) is 0 Å². The van der Waals surface area contributed by atoms with Crippen molar-refractivity contribution >= 4 is 17.3 Å². The minimum absolute atomic E-state index is 0.0161. The van der Waals surface area contributed by atoms with Crippen LogP contribution in [-0.2, 0) is 6.54 Å². The molecule has 0 aliphatic carbocycles. The maximum absolute atomic E-state index is 11.9. The lowest BCUT2D eigenvalue weighted by molar-refractivity contribution is -0.383. The van der Waals surface area contributed by atoms with Gasteiger partial charge in [0.2, 0.25) is 0 Å². The van der Waals surface area contributed by atoms with E-state index < -0.39 is 10.8 Å². The SMILES string of the molecule is Nc1ccc(C(=O)NCc2ccncn2)cc1[N+](=O)[O-]. The number of anilines is 1. The van der Waals surface area contributed by atoms with Gasteiger partial charge in [-0.25, -0.2) is 9.97 Å². The number of nitrogens with two attached hydrogens (primary N) is 1. The van der Waals surface area contributed by atoms with Crippen LogP contribution in [0.4, 0.5) is 11.4 Å². The minimum Gasteiger partial charge on any atom is -0.393 e. The average molecular weight is 273 g/mol. The quantitative estimate of drug-likeness (QED) is 0.484. The normalized spacial score (nSPS) is 10.0. The summed E-state index contributed by atoms with van der Waals surface area (Å²) in [7, 11) is 0. The largest absolute Gasteiger partial charge is 0.393 e. The molecule has 20 heavy (non-hydrogen) atoms. The molecule has 2 rings (SSSR count). The molecule has 1 aromatic carbocycles. The molecule has 0 aliphatic heterocycles. The van der Waals surface area contributed by atoms with E-state index in [4.69, 9.17) is 5.73 Å². The van der Waals surface area contributed by atoms with Crippen molar-refractivity contribution in [1.82, 2.24) is 15.3 Å². The molecule has 3 N–H and O–H groups in total. The Balaban J connectivity index is 2.10. The van der Waals surface area contributed by atoms with Gasteiger partial charge in [-0.1, -0.05) is 0 Å². The third kappa shape index (κ3) is 3.05. The van der Waals surface area contributed by atoms with Crippen LogP contribution in [0.2, 0.25) is 0 Å². The Labute approximate surface area is 113 Å². The summed E-state index contributed by atoms with van der Waals surface area (Å²) in [5.41, 5.74) is 5.99. The van der Waals surface area contributed by atoms with E-state index in [2.05, 4.69) is 15.3 Å². The molecule has 102 valence electrons. The molecule has 8 heteroatoms. The maximum Gasteiger partial charge on any atom is 0.292 e. The number of rotatable bonds is 4. The molecule has 0 fully saturated rings. The Hall–Kier alpha value is -3.03. The summed E-state index contributed by atoms with van der Waals surface area (Å²) >= 11 is 0. The van der Waals surface area contributed by atoms with Crippen LogP contribution in [0.5, 0.6) is 0 Å². The molecule has 0 saturated carbocycles. The molecular weight excluding hydrogens is 262 g/mol. The van der Waals surface area contributed by atoms with Crippen LogP contribution in [0, 0.1) is 10.1 Å². The second kappa shape index (κ2) is 5.74. The highest BCUT2D eigenvalue weighted by molar-refractivity contribution is 5.95. The monoisotopic (exact) mass is 273 g/mol. The highest BCUT2D eigenvalue weighted by Gasteiger charge is 2.15. The first-order valence-electron chi connectivity index (χ1n) is 5.65. The van der Waals surface area contributed by atoms with Crippen LogP contribution in [0.25, 0.3) is 0 Å². The fourth-order valence-electron chi connectivity index (χ4n) is 1.54. The number of nitrogens with one attached hydrogen (secondary N) is 1. The molecular formula is C12H11N5O3. The van der Waals surface area contributed by atoms with E-state index in [0.717, 1.165) is 6.07 Å². The Morgan fingerprint density at radius 3 is 2.85 bits per heavy atom. The van der Waals surface area contributed by atoms with Crippen molar-refractivity contribution in [2.75, 3.05) is 5.73 Å². The number of hydrogen-bond acceptors (Lipinski definition) is 6. The molecule has 0 bridgehead atoms. The molecule has 1 heterocycles. The van der Waals surface area contributed by atoms with Gasteiger partial charge in [0, 0.05) is 17.8 Å². The summed E-state index contributed by atoms with van der Waals surface area (Å²) in [4.78, 5) is 29.7. The minimum atomic E-state index is -0.628. The lowest BCUT2D eigenvalue weighted by Gasteiger charge is -2.05. The van der Waals surface area contributed by atoms with Crippen molar-refractivity contribution in [3.63, 3.8) is 0 Å². The lowest BCUT2D eigenvalue weighted by Crippen LogP contribution is -2.23. The van der Waals surface area contributed by atoms with Gasteiger partial charge in [-0.2, -0.15) is 0 Å². The predicted octanol–water partition coefficient (Wildman–Crippen LogP) is 0.897. The van der Waals surface area contributed by atoms with E-state index in [-0.39, 0.29) is 23.5 Å². The molecule has 1 amide bonds. The average Bonchev–Trinajstić information content (AvgIpc) is 2.46.